The molecule has 0 atom stereocenters. The first-order valence-corrected chi connectivity index (χ1v) is 3.98. The molecule has 3 nitrogen and oxygen atoms in total. The van der Waals surface area contributed by atoms with Crippen molar-refractivity contribution in [3.05, 3.63) is 30.9 Å². The standard InChI is InChI=1S/C10H13N3/c1-5-13-9(8(2)3)6-12-10(13)7-11-4/h5-7H,1-2H2,3-4H3. The van der Waals surface area contributed by atoms with Gasteiger partial charge < -0.3 is 0 Å². The Morgan fingerprint density at radius 3 is 2.85 bits per heavy atom. The van der Waals surface area contributed by atoms with Crippen molar-refractivity contribution in [2.45, 2.75) is 6.92 Å². The number of imidazole rings is 1. The molecule has 0 radical (unpaired) electrons. The molecule has 0 aliphatic carbocycles. The first kappa shape index (κ1) is 9.45. The molecule has 0 unspecified atom stereocenters. The van der Waals surface area contributed by atoms with Gasteiger partial charge in [0, 0.05) is 13.2 Å². The Labute approximate surface area is 78.1 Å². The molecule has 0 bridgehead atoms. The molecule has 13 heavy (non-hydrogen) atoms. The van der Waals surface area contributed by atoms with Gasteiger partial charge in [-0.1, -0.05) is 13.2 Å². The van der Waals surface area contributed by atoms with Gasteiger partial charge in [-0.05, 0) is 12.5 Å². The van der Waals surface area contributed by atoms with E-state index >= 15 is 0 Å². The van der Waals surface area contributed by atoms with Gasteiger partial charge in [0.1, 0.15) is 0 Å². The van der Waals surface area contributed by atoms with Crippen LogP contribution in [0.1, 0.15) is 18.4 Å². The maximum absolute atomic E-state index is 4.18. The van der Waals surface area contributed by atoms with Crippen molar-refractivity contribution in [1.82, 2.24) is 9.55 Å². The summed E-state index contributed by atoms with van der Waals surface area (Å²) in [6.45, 7) is 9.50. The minimum atomic E-state index is 0.774. The molecule has 0 saturated carbocycles. The highest BCUT2D eigenvalue weighted by molar-refractivity contribution is 5.78. The predicted molar refractivity (Wildman–Crippen MR) is 56.8 cm³/mol. The van der Waals surface area contributed by atoms with Crippen LogP contribution in [0.3, 0.4) is 0 Å². The molecule has 1 heterocycles. The Morgan fingerprint density at radius 2 is 2.38 bits per heavy atom. The molecule has 0 aromatic carbocycles. The summed E-state index contributed by atoms with van der Waals surface area (Å²) in [5, 5.41) is 0. The smallest absolute Gasteiger partial charge is 0.155 e. The van der Waals surface area contributed by atoms with E-state index in [0.717, 1.165) is 17.1 Å². The van der Waals surface area contributed by atoms with Crippen LogP contribution in [-0.4, -0.2) is 22.8 Å². The third kappa shape index (κ3) is 1.75. The number of hydrogen-bond donors (Lipinski definition) is 0. The van der Waals surface area contributed by atoms with E-state index in [9.17, 15) is 0 Å². The zero-order chi connectivity index (χ0) is 9.84. The molecule has 3 heteroatoms. The van der Waals surface area contributed by atoms with E-state index < -0.39 is 0 Å². The summed E-state index contributed by atoms with van der Waals surface area (Å²) < 4.78 is 1.86. The Hall–Kier alpha value is -1.64. The van der Waals surface area contributed by atoms with Crippen molar-refractivity contribution >= 4 is 18.0 Å². The molecule has 1 aromatic rings. The largest absolute Gasteiger partial charge is 0.299 e. The zero-order valence-corrected chi connectivity index (χ0v) is 7.99. The summed E-state index contributed by atoms with van der Waals surface area (Å²) in [6, 6.07) is 0. The van der Waals surface area contributed by atoms with Crippen molar-refractivity contribution < 1.29 is 0 Å². The average molecular weight is 175 g/mol. The van der Waals surface area contributed by atoms with Crippen molar-refractivity contribution in [1.29, 1.82) is 0 Å². The minimum absolute atomic E-state index is 0.774. The highest BCUT2D eigenvalue weighted by Crippen LogP contribution is 2.12. The highest BCUT2D eigenvalue weighted by atomic mass is 15.1. The quantitative estimate of drug-likeness (QED) is 0.647. The molecule has 0 spiro atoms. The maximum atomic E-state index is 4.18. The normalized spacial score (nSPS) is 10.6. The Balaban J connectivity index is 3.25. The van der Waals surface area contributed by atoms with Gasteiger partial charge in [0.25, 0.3) is 0 Å². The van der Waals surface area contributed by atoms with Crippen LogP contribution in [0.25, 0.3) is 11.8 Å². The third-order valence-corrected chi connectivity index (χ3v) is 1.69. The molecule has 0 amide bonds. The van der Waals surface area contributed by atoms with Crippen LogP contribution in [0.15, 0.2) is 24.3 Å². The van der Waals surface area contributed by atoms with Gasteiger partial charge in [-0.3, -0.25) is 9.56 Å². The lowest BCUT2D eigenvalue weighted by atomic mass is 10.3. The summed E-state index contributed by atoms with van der Waals surface area (Å²) in [5.41, 5.74) is 1.92. The maximum Gasteiger partial charge on any atom is 0.155 e. The van der Waals surface area contributed by atoms with Gasteiger partial charge in [0.15, 0.2) is 5.82 Å². The predicted octanol–water partition coefficient (Wildman–Crippen LogP) is 2.07. The molecule has 0 N–H and O–H groups in total. The van der Waals surface area contributed by atoms with Gasteiger partial charge in [-0.15, -0.1) is 0 Å². The van der Waals surface area contributed by atoms with Crippen LogP contribution in [0.2, 0.25) is 0 Å². The monoisotopic (exact) mass is 175 g/mol. The number of nitrogens with zero attached hydrogens (tertiary/aromatic N) is 3. The lowest BCUT2D eigenvalue weighted by molar-refractivity contribution is 1.09. The first-order valence-electron chi connectivity index (χ1n) is 3.98. The molecular weight excluding hydrogens is 162 g/mol. The lowest BCUT2D eigenvalue weighted by Gasteiger charge is -2.02. The van der Waals surface area contributed by atoms with E-state index in [1.54, 1.807) is 25.7 Å². The van der Waals surface area contributed by atoms with E-state index in [2.05, 4.69) is 23.1 Å². The summed E-state index contributed by atoms with van der Waals surface area (Å²) in [7, 11) is 1.71. The van der Waals surface area contributed by atoms with Gasteiger partial charge in [-0.25, -0.2) is 4.98 Å². The van der Waals surface area contributed by atoms with Crippen LogP contribution in [0, 0.1) is 0 Å². The third-order valence-electron chi connectivity index (χ3n) is 1.69. The van der Waals surface area contributed by atoms with E-state index in [-0.39, 0.29) is 0 Å². The fourth-order valence-corrected chi connectivity index (χ4v) is 1.09. The number of hydrogen-bond acceptors (Lipinski definition) is 2. The van der Waals surface area contributed by atoms with Crippen LogP contribution in [0.4, 0.5) is 0 Å². The van der Waals surface area contributed by atoms with E-state index in [1.165, 1.54) is 0 Å². The minimum Gasteiger partial charge on any atom is -0.299 e. The van der Waals surface area contributed by atoms with E-state index in [1.807, 2.05) is 11.5 Å². The second-order valence-corrected chi connectivity index (χ2v) is 2.72. The zero-order valence-electron chi connectivity index (χ0n) is 7.99. The molecule has 68 valence electrons. The summed E-state index contributed by atoms with van der Waals surface area (Å²) in [4.78, 5) is 8.08. The van der Waals surface area contributed by atoms with Crippen LogP contribution >= 0.6 is 0 Å². The average Bonchev–Trinajstić information content (AvgIpc) is 2.48. The Morgan fingerprint density at radius 1 is 1.69 bits per heavy atom. The first-order chi connectivity index (χ1) is 6.20. The Kier molecular flexibility index (Phi) is 2.80. The molecule has 1 aromatic heterocycles. The van der Waals surface area contributed by atoms with Crippen molar-refractivity contribution in [3.8, 4) is 0 Å². The van der Waals surface area contributed by atoms with E-state index in [0.29, 0.717) is 0 Å². The van der Waals surface area contributed by atoms with Crippen molar-refractivity contribution in [2.75, 3.05) is 7.05 Å². The molecular formula is C10H13N3. The van der Waals surface area contributed by atoms with Crippen LogP contribution in [-0.2, 0) is 0 Å². The van der Waals surface area contributed by atoms with Gasteiger partial charge in [0.2, 0.25) is 0 Å². The second kappa shape index (κ2) is 3.85. The fourth-order valence-electron chi connectivity index (χ4n) is 1.09. The SMILES string of the molecule is C=Cn1c(C(=C)C)cnc1C=NC. The topological polar surface area (TPSA) is 30.2 Å². The number of rotatable bonds is 3. The molecule has 1 rings (SSSR count). The number of aromatic nitrogens is 2. The summed E-state index contributed by atoms with van der Waals surface area (Å²) in [5.74, 6) is 0.774. The molecule has 0 fully saturated rings. The summed E-state index contributed by atoms with van der Waals surface area (Å²) in [6.07, 6.45) is 5.16. The Bertz CT molecular complexity index is 358. The van der Waals surface area contributed by atoms with Gasteiger partial charge >= 0.3 is 0 Å². The van der Waals surface area contributed by atoms with Crippen LogP contribution < -0.4 is 0 Å². The summed E-state index contributed by atoms with van der Waals surface area (Å²) >= 11 is 0. The van der Waals surface area contributed by atoms with Crippen molar-refractivity contribution in [2.24, 2.45) is 4.99 Å². The van der Waals surface area contributed by atoms with Gasteiger partial charge in [-0.2, -0.15) is 0 Å². The number of allylic oxidation sites excluding steroid dienone is 1. The molecule has 0 aliphatic heterocycles. The highest BCUT2D eigenvalue weighted by Gasteiger charge is 2.04. The molecule has 0 saturated heterocycles. The van der Waals surface area contributed by atoms with E-state index in [4.69, 9.17) is 0 Å². The van der Waals surface area contributed by atoms with Crippen LogP contribution in [0.5, 0.6) is 0 Å². The number of aliphatic imine (C=N–C) groups is 1. The molecule has 0 aliphatic rings. The van der Waals surface area contributed by atoms with Crippen molar-refractivity contribution in [3.63, 3.8) is 0 Å². The van der Waals surface area contributed by atoms with Gasteiger partial charge in [0.05, 0.1) is 18.1 Å². The fraction of sp³-hybridized carbons (Fsp3) is 0.200. The second-order valence-electron chi connectivity index (χ2n) is 2.72. The lowest BCUT2D eigenvalue weighted by Crippen LogP contribution is -1.97.